The van der Waals surface area contributed by atoms with Gasteiger partial charge in [0.25, 0.3) is 0 Å². The Kier molecular flexibility index (Phi) is 5.02. The summed E-state index contributed by atoms with van der Waals surface area (Å²) in [5.41, 5.74) is 0. The highest BCUT2D eigenvalue weighted by Gasteiger charge is 2.36. The predicted molar refractivity (Wildman–Crippen MR) is 83.1 cm³/mol. The molecule has 2 fully saturated rings. The summed E-state index contributed by atoms with van der Waals surface area (Å²) < 4.78 is 43.8. The third-order valence-electron chi connectivity index (χ3n) is 4.09. The molecule has 23 heavy (non-hydrogen) atoms. The zero-order chi connectivity index (χ0) is 16.4. The summed E-state index contributed by atoms with van der Waals surface area (Å²) in [6, 6.07) is 1.19. The fourth-order valence-electron chi connectivity index (χ4n) is 3.01. The predicted octanol–water partition coefficient (Wildman–Crippen LogP) is 1.15. The molecule has 1 N–H and O–H groups in total. The third kappa shape index (κ3) is 3.58. The van der Waals surface area contributed by atoms with Gasteiger partial charge in [-0.1, -0.05) is 0 Å². The number of fused-ring (bicyclic) bond motifs is 1. The minimum atomic E-state index is -3.78. The highest BCUT2D eigenvalue weighted by Crippen LogP contribution is 2.29. The molecule has 3 rings (SSSR count). The van der Waals surface area contributed by atoms with Gasteiger partial charge in [-0.2, -0.15) is 0 Å². The second-order valence-electron chi connectivity index (χ2n) is 5.56. The van der Waals surface area contributed by atoms with Crippen LogP contribution in [0, 0.1) is 0 Å². The van der Waals surface area contributed by atoms with Crippen molar-refractivity contribution in [1.82, 2.24) is 4.72 Å². The Hall–Kier alpha value is -1.00. The first-order valence-electron chi connectivity index (χ1n) is 7.42. The highest BCUT2D eigenvalue weighted by atomic mass is 32.2. The first-order valence-corrected chi connectivity index (χ1v) is 9.79. The molecular weight excluding hydrogens is 342 g/mol. The van der Waals surface area contributed by atoms with Crippen LogP contribution in [0.5, 0.6) is 0 Å². The van der Waals surface area contributed by atoms with E-state index in [0.717, 1.165) is 17.8 Å². The van der Waals surface area contributed by atoms with E-state index in [1.807, 2.05) is 0 Å². The van der Waals surface area contributed by atoms with Crippen LogP contribution in [0.4, 0.5) is 0 Å². The summed E-state index contributed by atoms with van der Waals surface area (Å²) in [5, 5.41) is 1.57. The Morgan fingerprint density at radius 3 is 2.78 bits per heavy atom. The van der Waals surface area contributed by atoms with Crippen LogP contribution >= 0.6 is 11.3 Å². The number of rotatable bonds is 4. The summed E-state index contributed by atoms with van der Waals surface area (Å²) in [6.07, 6.45) is 1.98. The first-order chi connectivity index (χ1) is 11.0. The molecule has 7 nitrogen and oxygen atoms in total. The first kappa shape index (κ1) is 16.8. The van der Waals surface area contributed by atoms with Crippen molar-refractivity contribution < 1.29 is 27.4 Å². The van der Waals surface area contributed by atoms with E-state index in [1.54, 1.807) is 5.38 Å². The summed E-state index contributed by atoms with van der Waals surface area (Å²) in [7, 11) is -2.55. The molecule has 0 bridgehead atoms. The van der Waals surface area contributed by atoms with Gasteiger partial charge in [0, 0.05) is 6.04 Å². The van der Waals surface area contributed by atoms with E-state index in [9.17, 15) is 13.2 Å². The van der Waals surface area contributed by atoms with Gasteiger partial charge in [0.2, 0.25) is 10.0 Å². The number of carbonyl (C=O) groups excluding carboxylic acids is 1. The molecule has 1 aliphatic heterocycles. The van der Waals surface area contributed by atoms with E-state index >= 15 is 0 Å². The lowest BCUT2D eigenvalue weighted by Gasteiger charge is -2.38. The van der Waals surface area contributed by atoms with Crippen LogP contribution in [0.3, 0.4) is 0 Å². The normalized spacial score (nSPS) is 28.1. The van der Waals surface area contributed by atoms with Crippen molar-refractivity contribution in [2.24, 2.45) is 0 Å². The largest absolute Gasteiger partial charge is 0.465 e. The van der Waals surface area contributed by atoms with Crippen LogP contribution in [-0.4, -0.2) is 53.0 Å². The van der Waals surface area contributed by atoms with Crippen LogP contribution in [0.2, 0.25) is 0 Å². The molecule has 0 spiro atoms. The molecule has 2 heterocycles. The van der Waals surface area contributed by atoms with E-state index in [-0.39, 0.29) is 28.0 Å². The molecule has 0 aromatic carbocycles. The topological polar surface area (TPSA) is 90.9 Å². The molecule has 1 aliphatic carbocycles. The quantitative estimate of drug-likeness (QED) is 0.809. The molecule has 0 amide bonds. The molecule has 1 saturated carbocycles. The number of carbonyl (C=O) groups is 1. The van der Waals surface area contributed by atoms with Crippen LogP contribution < -0.4 is 4.72 Å². The van der Waals surface area contributed by atoms with Gasteiger partial charge in [0.05, 0.1) is 32.5 Å². The van der Waals surface area contributed by atoms with Crippen molar-refractivity contribution in [2.45, 2.75) is 42.4 Å². The Morgan fingerprint density at radius 2 is 2.04 bits per heavy atom. The monoisotopic (exact) mass is 361 g/mol. The van der Waals surface area contributed by atoms with Gasteiger partial charge in [-0.3, -0.25) is 0 Å². The van der Waals surface area contributed by atoms with Gasteiger partial charge in [-0.05, 0) is 30.7 Å². The van der Waals surface area contributed by atoms with Crippen LogP contribution in [0.1, 0.15) is 28.9 Å². The van der Waals surface area contributed by atoms with Crippen molar-refractivity contribution in [3.05, 3.63) is 16.3 Å². The Morgan fingerprint density at radius 1 is 1.30 bits per heavy atom. The van der Waals surface area contributed by atoms with Crippen molar-refractivity contribution in [1.29, 1.82) is 0 Å². The van der Waals surface area contributed by atoms with E-state index in [0.29, 0.717) is 26.1 Å². The zero-order valence-electron chi connectivity index (χ0n) is 12.7. The molecule has 128 valence electrons. The minimum Gasteiger partial charge on any atom is -0.465 e. The van der Waals surface area contributed by atoms with E-state index in [1.165, 1.54) is 13.2 Å². The number of methoxy groups -OCH3 is 1. The maximum absolute atomic E-state index is 12.6. The standard InChI is InChI=1S/C14H19NO6S2/c1-19-14(16)13-12(4-7-22-13)23(17,18)15-9-2-3-10-11(8-9)21-6-5-20-10/h4,7,9-11,15H,2-3,5-6,8H2,1H3. The number of hydrogen-bond donors (Lipinski definition) is 1. The fourth-order valence-corrected chi connectivity index (χ4v) is 5.63. The average molecular weight is 361 g/mol. The van der Waals surface area contributed by atoms with E-state index in [2.05, 4.69) is 9.46 Å². The molecular formula is C14H19NO6S2. The lowest BCUT2D eigenvalue weighted by atomic mass is 9.90. The second-order valence-corrected chi connectivity index (χ2v) is 8.15. The van der Waals surface area contributed by atoms with E-state index in [4.69, 9.17) is 9.47 Å². The highest BCUT2D eigenvalue weighted by molar-refractivity contribution is 7.89. The summed E-state index contributed by atoms with van der Waals surface area (Å²) in [4.78, 5) is 11.7. The lowest BCUT2D eigenvalue weighted by Crippen LogP contribution is -2.49. The Labute approximate surface area is 139 Å². The van der Waals surface area contributed by atoms with Crippen LogP contribution in [0.15, 0.2) is 16.3 Å². The van der Waals surface area contributed by atoms with Crippen molar-refractivity contribution >= 4 is 27.3 Å². The molecule has 1 aromatic heterocycles. The van der Waals surface area contributed by atoms with Gasteiger partial charge in [0.1, 0.15) is 9.77 Å². The average Bonchev–Trinajstić information content (AvgIpc) is 3.04. The molecule has 9 heteroatoms. The number of esters is 1. The second kappa shape index (κ2) is 6.86. The van der Waals surface area contributed by atoms with Gasteiger partial charge in [-0.25, -0.2) is 17.9 Å². The minimum absolute atomic E-state index is 0.0303. The number of sulfonamides is 1. The maximum atomic E-state index is 12.6. The third-order valence-corrected chi connectivity index (χ3v) is 6.68. The number of nitrogens with one attached hydrogen (secondary N) is 1. The Balaban J connectivity index is 1.72. The molecule has 3 unspecified atom stereocenters. The summed E-state index contributed by atoms with van der Waals surface area (Å²) in [5.74, 6) is -0.645. The van der Waals surface area contributed by atoms with Crippen molar-refractivity contribution in [3.63, 3.8) is 0 Å². The number of ether oxygens (including phenoxy) is 3. The molecule has 2 aliphatic rings. The number of thiophene rings is 1. The molecule has 1 saturated heterocycles. The maximum Gasteiger partial charge on any atom is 0.349 e. The Bertz CT molecular complexity index is 671. The van der Waals surface area contributed by atoms with Crippen molar-refractivity contribution in [2.75, 3.05) is 20.3 Å². The van der Waals surface area contributed by atoms with Gasteiger partial charge in [-0.15, -0.1) is 11.3 Å². The van der Waals surface area contributed by atoms with Crippen LogP contribution in [0.25, 0.3) is 0 Å². The van der Waals surface area contributed by atoms with E-state index < -0.39 is 16.0 Å². The summed E-state index contributed by atoms with van der Waals surface area (Å²) >= 11 is 1.05. The molecule has 0 radical (unpaired) electrons. The van der Waals surface area contributed by atoms with Gasteiger partial charge < -0.3 is 14.2 Å². The molecule has 1 aromatic rings. The van der Waals surface area contributed by atoms with Crippen LogP contribution in [-0.2, 0) is 24.2 Å². The van der Waals surface area contributed by atoms with Crippen molar-refractivity contribution in [3.8, 4) is 0 Å². The summed E-state index contributed by atoms with van der Waals surface area (Å²) in [6.45, 7) is 1.13. The zero-order valence-corrected chi connectivity index (χ0v) is 14.3. The smallest absolute Gasteiger partial charge is 0.349 e. The fraction of sp³-hybridized carbons (Fsp3) is 0.643. The number of hydrogen-bond acceptors (Lipinski definition) is 7. The molecule has 3 atom stereocenters. The van der Waals surface area contributed by atoms with Gasteiger partial charge >= 0.3 is 5.97 Å². The van der Waals surface area contributed by atoms with Gasteiger partial charge in [0.15, 0.2) is 0 Å². The SMILES string of the molecule is COC(=O)c1sccc1S(=O)(=O)NC1CCC2OCCOC2C1. The lowest BCUT2D eigenvalue weighted by molar-refractivity contribution is -0.156.